The van der Waals surface area contributed by atoms with E-state index in [1.165, 1.54) is 12.1 Å². The van der Waals surface area contributed by atoms with Gasteiger partial charge in [-0.2, -0.15) is 5.10 Å². The number of rotatable bonds is 0. The molecule has 1 aromatic heterocycles. The van der Waals surface area contributed by atoms with E-state index < -0.39 is 0 Å². The Balaban J connectivity index is 2.87. The third-order valence-electron chi connectivity index (χ3n) is 1.72. The van der Waals surface area contributed by atoms with Gasteiger partial charge in [-0.1, -0.05) is 0 Å². The zero-order valence-electron chi connectivity index (χ0n) is 6.38. The van der Waals surface area contributed by atoms with Crippen LogP contribution < -0.4 is 0 Å². The fraction of sp³-hybridized carbons (Fsp3) is 0.125. The molecule has 0 radical (unpaired) electrons. The fourth-order valence-electron chi connectivity index (χ4n) is 1.14. The van der Waals surface area contributed by atoms with Crippen molar-refractivity contribution in [2.24, 2.45) is 7.05 Å². The molecule has 0 aliphatic carbocycles. The predicted molar refractivity (Wildman–Crippen MR) is 53.4 cm³/mol. The highest BCUT2D eigenvalue weighted by Crippen LogP contribution is 2.19. The summed E-state index contributed by atoms with van der Waals surface area (Å²) in [5.74, 6) is -0.239. The van der Waals surface area contributed by atoms with Crippen LogP contribution in [0.3, 0.4) is 0 Å². The van der Waals surface area contributed by atoms with Crippen LogP contribution in [-0.4, -0.2) is 9.78 Å². The van der Waals surface area contributed by atoms with Crippen molar-refractivity contribution in [1.82, 2.24) is 9.78 Å². The van der Waals surface area contributed by atoms with Crippen molar-refractivity contribution in [3.05, 3.63) is 27.7 Å². The molecule has 0 aliphatic rings. The minimum Gasteiger partial charge on any atom is -0.261 e. The minimum atomic E-state index is -0.239. The van der Waals surface area contributed by atoms with Crippen LogP contribution in [0.15, 0.2) is 18.2 Å². The molecule has 0 amide bonds. The molecule has 0 spiro atoms. The molecule has 0 saturated heterocycles. The van der Waals surface area contributed by atoms with Crippen LogP contribution in [0.4, 0.5) is 4.39 Å². The van der Waals surface area contributed by atoms with Crippen LogP contribution in [0.25, 0.3) is 10.9 Å². The number of fused-ring (bicyclic) bond motifs is 1. The van der Waals surface area contributed by atoms with E-state index in [1.54, 1.807) is 10.7 Å². The summed E-state index contributed by atoms with van der Waals surface area (Å²) in [4.78, 5) is 0. The Morgan fingerprint density at radius 3 is 3.00 bits per heavy atom. The van der Waals surface area contributed by atoms with E-state index in [0.29, 0.717) is 5.52 Å². The number of aryl methyl sites for hydroxylation is 1. The molecule has 1 heterocycles. The molecule has 0 aliphatic heterocycles. The molecule has 2 nitrogen and oxygen atoms in total. The van der Waals surface area contributed by atoms with Crippen molar-refractivity contribution in [2.45, 2.75) is 0 Å². The molecule has 0 saturated carbocycles. The van der Waals surface area contributed by atoms with Crippen LogP contribution in [0.2, 0.25) is 0 Å². The number of nitrogens with zero attached hydrogens (tertiary/aromatic N) is 2. The van der Waals surface area contributed by atoms with Gasteiger partial charge in [0.1, 0.15) is 9.52 Å². The van der Waals surface area contributed by atoms with Crippen molar-refractivity contribution in [1.29, 1.82) is 0 Å². The Kier molecular flexibility index (Phi) is 1.79. The lowest BCUT2D eigenvalue weighted by atomic mass is 10.2. The van der Waals surface area contributed by atoms with Crippen LogP contribution in [0.1, 0.15) is 0 Å². The van der Waals surface area contributed by atoms with Gasteiger partial charge in [-0.05, 0) is 34.7 Å². The molecule has 0 fully saturated rings. The first-order valence-electron chi connectivity index (χ1n) is 3.46. The van der Waals surface area contributed by atoms with Gasteiger partial charge in [0.15, 0.2) is 0 Å². The third kappa shape index (κ3) is 1.10. The summed E-state index contributed by atoms with van der Waals surface area (Å²) in [6.45, 7) is 0. The number of halogens is 2. The highest BCUT2D eigenvalue weighted by molar-refractivity contribution is 14.1. The van der Waals surface area contributed by atoms with Crippen molar-refractivity contribution in [3.8, 4) is 0 Å². The molecule has 0 atom stereocenters. The van der Waals surface area contributed by atoms with E-state index in [2.05, 4.69) is 27.7 Å². The van der Waals surface area contributed by atoms with Gasteiger partial charge in [-0.15, -0.1) is 0 Å². The summed E-state index contributed by atoms with van der Waals surface area (Å²) in [6.07, 6.45) is 0. The molecule has 2 rings (SSSR count). The van der Waals surface area contributed by atoms with Gasteiger partial charge >= 0.3 is 0 Å². The summed E-state index contributed by atoms with van der Waals surface area (Å²) in [7, 11) is 1.85. The van der Waals surface area contributed by atoms with Gasteiger partial charge in [-0.3, -0.25) is 4.68 Å². The Hall–Kier alpha value is -0.650. The first kappa shape index (κ1) is 7.97. The largest absolute Gasteiger partial charge is 0.261 e. The number of hydrogen-bond acceptors (Lipinski definition) is 1. The predicted octanol–water partition coefficient (Wildman–Crippen LogP) is 2.32. The normalized spacial score (nSPS) is 10.9. The standard InChI is InChI=1S/C8H6FIN2/c1-12-8(10)6-3-2-5(9)4-7(6)11-12/h2-4H,1H3. The molecule has 0 N–H and O–H groups in total. The Morgan fingerprint density at radius 1 is 1.50 bits per heavy atom. The summed E-state index contributed by atoms with van der Waals surface area (Å²) in [6, 6.07) is 4.64. The van der Waals surface area contributed by atoms with Crippen LogP contribution >= 0.6 is 22.6 Å². The lowest BCUT2D eigenvalue weighted by Crippen LogP contribution is -1.91. The minimum absolute atomic E-state index is 0.239. The quantitative estimate of drug-likeness (QED) is 0.675. The zero-order chi connectivity index (χ0) is 8.72. The second-order valence-corrected chi connectivity index (χ2v) is 3.60. The van der Waals surface area contributed by atoms with Crippen molar-refractivity contribution in [2.75, 3.05) is 0 Å². The molecular formula is C8H6FIN2. The maximum Gasteiger partial charge on any atom is 0.125 e. The lowest BCUT2D eigenvalue weighted by Gasteiger charge is -1.88. The molecule has 4 heteroatoms. The monoisotopic (exact) mass is 276 g/mol. The average Bonchev–Trinajstić information content (AvgIpc) is 2.28. The molecule has 0 bridgehead atoms. The van der Waals surface area contributed by atoms with E-state index in [0.717, 1.165) is 9.09 Å². The highest BCUT2D eigenvalue weighted by atomic mass is 127. The van der Waals surface area contributed by atoms with Crippen molar-refractivity contribution >= 4 is 33.5 Å². The first-order valence-corrected chi connectivity index (χ1v) is 4.54. The van der Waals surface area contributed by atoms with Crippen molar-refractivity contribution < 1.29 is 4.39 Å². The maximum absolute atomic E-state index is 12.7. The SMILES string of the molecule is Cn1nc2cc(F)ccc2c1I. The van der Waals surface area contributed by atoms with E-state index in [-0.39, 0.29) is 5.82 Å². The second kappa shape index (κ2) is 2.69. The Morgan fingerprint density at radius 2 is 2.25 bits per heavy atom. The fourth-order valence-corrected chi connectivity index (χ4v) is 1.71. The average molecular weight is 276 g/mol. The summed E-state index contributed by atoms with van der Waals surface area (Å²) >= 11 is 2.19. The smallest absolute Gasteiger partial charge is 0.125 e. The van der Waals surface area contributed by atoms with Crippen LogP contribution in [-0.2, 0) is 7.05 Å². The van der Waals surface area contributed by atoms with Gasteiger partial charge < -0.3 is 0 Å². The van der Waals surface area contributed by atoms with E-state index in [1.807, 2.05) is 7.05 Å². The summed E-state index contributed by atoms with van der Waals surface area (Å²) in [5, 5.41) is 5.14. The highest BCUT2D eigenvalue weighted by Gasteiger charge is 2.05. The number of aromatic nitrogens is 2. The maximum atomic E-state index is 12.7. The van der Waals surface area contributed by atoms with Crippen LogP contribution in [0, 0.1) is 9.52 Å². The van der Waals surface area contributed by atoms with E-state index in [9.17, 15) is 4.39 Å². The molecule has 12 heavy (non-hydrogen) atoms. The van der Waals surface area contributed by atoms with E-state index >= 15 is 0 Å². The van der Waals surface area contributed by atoms with Crippen molar-refractivity contribution in [3.63, 3.8) is 0 Å². The molecule has 0 unspecified atom stereocenters. The second-order valence-electron chi connectivity index (χ2n) is 2.58. The van der Waals surface area contributed by atoms with Gasteiger partial charge in [0.2, 0.25) is 0 Å². The molecule has 2 aromatic rings. The number of benzene rings is 1. The summed E-state index contributed by atoms with van der Waals surface area (Å²) in [5.41, 5.74) is 0.710. The van der Waals surface area contributed by atoms with Gasteiger partial charge in [0.25, 0.3) is 0 Å². The van der Waals surface area contributed by atoms with Gasteiger partial charge in [0, 0.05) is 18.5 Å². The summed E-state index contributed by atoms with van der Waals surface area (Å²) < 4.78 is 15.5. The topological polar surface area (TPSA) is 17.8 Å². The Bertz CT molecular complexity index is 436. The lowest BCUT2D eigenvalue weighted by molar-refractivity contribution is 0.629. The van der Waals surface area contributed by atoms with Gasteiger partial charge in [-0.25, -0.2) is 4.39 Å². The zero-order valence-corrected chi connectivity index (χ0v) is 8.54. The molecule has 1 aromatic carbocycles. The Labute approximate surface area is 82.5 Å². The van der Waals surface area contributed by atoms with Crippen LogP contribution in [0.5, 0.6) is 0 Å². The van der Waals surface area contributed by atoms with Gasteiger partial charge in [0.05, 0.1) is 5.52 Å². The van der Waals surface area contributed by atoms with E-state index in [4.69, 9.17) is 0 Å². The first-order chi connectivity index (χ1) is 5.68. The number of hydrogen-bond donors (Lipinski definition) is 0. The molecular weight excluding hydrogens is 270 g/mol. The third-order valence-corrected chi connectivity index (χ3v) is 3.00. The molecule has 62 valence electrons.